The van der Waals surface area contributed by atoms with E-state index >= 15 is 0 Å². The van der Waals surface area contributed by atoms with Crippen LogP contribution in [0.3, 0.4) is 0 Å². The minimum atomic E-state index is -0.503. The zero-order valence-electron chi connectivity index (χ0n) is 9.98. The maximum Gasteiger partial charge on any atom is 0.269 e. The topological polar surface area (TPSA) is 95.5 Å². The van der Waals surface area contributed by atoms with Gasteiger partial charge in [-0.25, -0.2) is 0 Å². The Kier molecular flexibility index (Phi) is 2.60. The van der Waals surface area contributed by atoms with E-state index in [2.05, 4.69) is 0 Å². The Morgan fingerprint density at radius 3 is 1.65 bits per heavy atom. The number of nitrogens with zero attached hydrogens (tertiary/aromatic N) is 2. The van der Waals surface area contributed by atoms with E-state index < -0.39 is 9.85 Å². The van der Waals surface area contributed by atoms with Crippen LogP contribution in [0.25, 0.3) is 0 Å². The lowest BCUT2D eigenvalue weighted by Gasteiger charge is -2.19. The number of nitro benzene ring substituents is 2. The van der Waals surface area contributed by atoms with Gasteiger partial charge in [-0.05, 0) is 12.1 Å². The molecule has 0 saturated heterocycles. The molecular formula is C13H7N2O5. The number of fused-ring (bicyclic) bond motifs is 2. The van der Waals surface area contributed by atoms with Crippen LogP contribution in [0.1, 0.15) is 11.1 Å². The van der Waals surface area contributed by atoms with Gasteiger partial charge in [-0.15, -0.1) is 0 Å². The first kappa shape index (κ1) is 12.1. The molecule has 0 aliphatic carbocycles. The van der Waals surface area contributed by atoms with Gasteiger partial charge < -0.3 is 4.74 Å². The standard InChI is InChI=1S/C13H7N2O5/c16-14(17)10-1-3-12-8(6-10)5-9-7-11(15(18)19)2-4-13(9)20-12/h1-7H. The highest BCUT2D eigenvalue weighted by molar-refractivity contribution is 5.61. The number of nitro groups is 2. The fraction of sp³-hybridized carbons (Fsp3) is 0. The normalized spacial score (nSPS) is 12.0. The fourth-order valence-corrected chi connectivity index (χ4v) is 2.00. The summed E-state index contributed by atoms with van der Waals surface area (Å²) in [5, 5.41) is 21.5. The highest BCUT2D eigenvalue weighted by Crippen LogP contribution is 2.40. The second-order valence-corrected chi connectivity index (χ2v) is 4.20. The van der Waals surface area contributed by atoms with Crippen molar-refractivity contribution in [2.24, 2.45) is 0 Å². The molecule has 99 valence electrons. The van der Waals surface area contributed by atoms with Gasteiger partial charge in [-0.3, -0.25) is 20.2 Å². The Hall–Kier alpha value is -2.96. The monoisotopic (exact) mass is 271 g/mol. The summed E-state index contributed by atoms with van der Waals surface area (Å²) in [6, 6.07) is 8.46. The van der Waals surface area contributed by atoms with E-state index in [0.717, 1.165) is 0 Å². The van der Waals surface area contributed by atoms with Crippen LogP contribution < -0.4 is 4.74 Å². The van der Waals surface area contributed by atoms with Gasteiger partial charge in [0.15, 0.2) is 0 Å². The average Bonchev–Trinajstić information content (AvgIpc) is 2.43. The molecule has 0 bridgehead atoms. The van der Waals surface area contributed by atoms with Crippen LogP contribution in [0.5, 0.6) is 11.5 Å². The van der Waals surface area contributed by atoms with Crippen molar-refractivity contribution >= 4 is 11.4 Å². The van der Waals surface area contributed by atoms with Crippen molar-refractivity contribution in [3.63, 3.8) is 0 Å². The molecule has 1 aliphatic heterocycles. The van der Waals surface area contributed by atoms with Crippen molar-refractivity contribution in [3.05, 3.63) is 74.2 Å². The number of non-ortho nitro benzene ring substituents is 2. The molecule has 7 heteroatoms. The van der Waals surface area contributed by atoms with E-state index in [1.807, 2.05) is 0 Å². The van der Waals surface area contributed by atoms with Gasteiger partial charge in [0.05, 0.1) is 9.85 Å². The third-order valence-electron chi connectivity index (χ3n) is 2.94. The van der Waals surface area contributed by atoms with E-state index in [1.165, 1.54) is 36.4 Å². The lowest BCUT2D eigenvalue weighted by atomic mass is 9.99. The molecule has 20 heavy (non-hydrogen) atoms. The molecule has 0 atom stereocenters. The predicted molar refractivity (Wildman–Crippen MR) is 68.8 cm³/mol. The number of ether oxygens (including phenoxy) is 1. The van der Waals surface area contributed by atoms with Gasteiger partial charge in [-0.1, -0.05) is 0 Å². The smallest absolute Gasteiger partial charge is 0.269 e. The molecule has 2 aromatic carbocycles. The summed E-state index contributed by atoms with van der Waals surface area (Å²) < 4.78 is 5.57. The second-order valence-electron chi connectivity index (χ2n) is 4.20. The summed E-state index contributed by atoms with van der Waals surface area (Å²) in [7, 11) is 0. The van der Waals surface area contributed by atoms with Crippen molar-refractivity contribution in [2.45, 2.75) is 0 Å². The Bertz CT molecular complexity index is 680. The Balaban J connectivity index is 2.03. The quantitative estimate of drug-likeness (QED) is 0.526. The molecule has 1 aliphatic rings. The minimum absolute atomic E-state index is 0.0579. The van der Waals surface area contributed by atoms with Crippen LogP contribution in [0.2, 0.25) is 0 Å². The summed E-state index contributed by atoms with van der Waals surface area (Å²) >= 11 is 0. The van der Waals surface area contributed by atoms with Crippen molar-refractivity contribution in [3.8, 4) is 11.5 Å². The summed E-state index contributed by atoms with van der Waals surface area (Å²) in [6.07, 6.45) is 1.63. The van der Waals surface area contributed by atoms with Crippen molar-refractivity contribution in [2.75, 3.05) is 0 Å². The number of rotatable bonds is 2. The maximum absolute atomic E-state index is 10.7. The van der Waals surface area contributed by atoms with Gasteiger partial charge >= 0.3 is 0 Å². The van der Waals surface area contributed by atoms with Crippen molar-refractivity contribution in [1.29, 1.82) is 0 Å². The molecule has 0 unspecified atom stereocenters. The molecule has 0 spiro atoms. The van der Waals surface area contributed by atoms with Crippen LogP contribution >= 0.6 is 0 Å². The van der Waals surface area contributed by atoms with E-state index in [0.29, 0.717) is 22.6 Å². The molecule has 7 nitrogen and oxygen atoms in total. The first-order chi connectivity index (χ1) is 9.54. The highest BCUT2D eigenvalue weighted by atomic mass is 16.6. The SMILES string of the molecule is O=[N+]([O-])c1ccc2c(c1)[CH]c1cc([N+](=O)[O-])ccc1O2. The molecule has 1 heterocycles. The summed E-state index contributed by atoms with van der Waals surface area (Å²) in [5.41, 5.74) is 0.925. The summed E-state index contributed by atoms with van der Waals surface area (Å²) in [4.78, 5) is 20.5. The first-order valence-corrected chi connectivity index (χ1v) is 5.64. The van der Waals surface area contributed by atoms with Crippen molar-refractivity contribution in [1.82, 2.24) is 0 Å². The molecule has 0 N–H and O–H groups in total. The fourth-order valence-electron chi connectivity index (χ4n) is 2.00. The molecule has 2 aromatic rings. The Morgan fingerprint density at radius 1 is 0.800 bits per heavy atom. The minimum Gasteiger partial charge on any atom is -0.457 e. The van der Waals surface area contributed by atoms with Gasteiger partial charge in [0.2, 0.25) is 0 Å². The van der Waals surface area contributed by atoms with Gasteiger partial charge in [0.1, 0.15) is 11.5 Å². The van der Waals surface area contributed by atoms with Crippen LogP contribution in [0.15, 0.2) is 36.4 Å². The molecule has 0 amide bonds. The van der Waals surface area contributed by atoms with Crippen LogP contribution in [-0.4, -0.2) is 9.85 Å². The van der Waals surface area contributed by atoms with Gasteiger partial charge in [-0.2, -0.15) is 0 Å². The van der Waals surface area contributed by atoms with Gasteiger partial charge in [0.25, 0.3) is 11.4 Å². The van der Waals surface area contributed by atoms with E-state index in [4.69, 9.17) is 4.74 Å². The van der Waals surface area contributed by atoms with E-state index in [-0.39, 0.29) is 11.4 Å². The van der Waals surface area contributed by atoms with E-state index in [1.54, 1.807) is 6.42 Å². The molecule has 0 saturated carbocycles. The second kappa shape index (κ2) is 4.30. The lowest BCUT2D eigenvalue weighted by molar-refractivity contribution is -0.385. The molecule has 0 fully saturated rings. The number of hydrogen-bond acceptors (Lipinski definition) is 5. The summed E-state index contributed by atoms with van der Waals surface area (Å²) in [6.45, 7) is 0. The highest BCUT2D eigenvalue weighted by Gasteiger charge is 2.22. The van der Waals surface area contributed by atoms with Gasteiger partial charge in [0, 0.05) is 41.8 Å². The molecule has 3 rings (SSSR count). The lowest BCUT2D eigenvalue weighted by Crippen LogP contribution is -2.03. The number of hydrogen-bond donors (Lipinski definition) is 0. The molecule has 1 radical (unpaired) electrons. The Labute approximate surface area is 112 Å². The van der Waals surface area contributed by atoms with E-state index in [9.17, 15) is 20.2 Å². The molecular weight excluding hydrogens is 264 g/mol. The van der Waals surface area contributed by atoms with Crippen molar-refractivity contribution < 1.29 is 14.6 Å². The van der Waals surface area contributed by atoms with Crippen LogP contribution in [-0.2, 0) is 0 Å². The largest absolute Gasteiger partial charge is 0.457 e. The zero-order chi connectivity index (χ0) is 14.3. The Morgan fingerprint density at radius 2 is 1.25 bits per heavy atom. The average molecular weight is 271 g/mol. The first-order valence-electron chi connectivity index (χ1n) is 5.64. The molecule has 0 aromatic heterocycles. The third kappa shape index (κ3) is 1.95. The van der Waals surface area contributed by atoms with Crippen LogP contribution in [0.4, 0.5) is 11.4 Å². The third-order valence-corrected chi connectivity index (χ3v) is 2.94. The number of benzene rings is 2. The zero-order valence-corrected chi connectivity index (χ0v) is 9.98. The predicted octanol–water partition coefficient (Wildman–Crippen LogP) is 3.21. The maximum atomic E-state index is 10.7. The summed E-state index contributed by atoms with van der Waals surface area (Å²) in [5.74, 6) is 0.967. The van der Waals surface area contributed by atoms with Crippen LogP contribution in [0, 0.1) is 26.6 Å².